The molecule has 0 radical (unpaired) electrons. The third kappa shape index (κ3) is 4.67. The van der Waals surface area contributed by atoms with Crippen LogP contribution in [0.25, 0.3) is 11.4 Å². The zero-order valence-electron chi connectivity index (χ0n) is 15.5. The predicted molar refractivity (Wildman–Crippen MR) is 111 cm³/mol. The summed E-state index contributed by atoms with van der Waals surface area (Å²) in [5.41, 5.74) is 2.19. The van der Waals surface area contributed by atoms with Crippen LogP contribution in [0.15, 0.2) is 41.0 Å². The summed E-state index contributed by atoms with van der Waals surface area (Å²) in [4.78, 5) is 18.3. The molecule has 1 amide bonds. The molecule has 0 saturated carbocycles. The molecule has 1 N–H and O–H groups in total. The van der Waals surface area contributed by atoms with Crippen LogP contribution >= 0.6 is 23.1 Å². The number of aromatic nitrogens is 4. The van der Waals surface area contributed by atoms with Gasteiger partial charge in [-0.2, -0.15) is 0 Å². The van der Waals surface area contributed by atoms with E-state index in [0.717, 1.165) is 24.5 Å². The fourth-order valence-electron chi connectivity index (χ4n) is 2.67. The average molecular weight is 403 g/mol. The number of hydrogen-bond acceptors (Lipinski definition) is 7. The van der Waals surface area contributed by atoms with Crippen molar-refractivity contribution >= 4 is 39.8 Å². The van der Waals surface area contributed by atoms with Crippen LogP contribution in [0.1, 0.15) is 13.8 Å². The molecule has 1 aromatic carbocycles. The molecule has 2 aromatic heterocycles. The van der Waals surface area contributed by atoms with E-state index in [1.54, 1.807) is 6.20 Å². The lowest BCUT2D eigenvalue weighted by molar-refractivity contribution is -0.113. The van der Waals surface area contributed by atoms with Crippen molar-refractivity contribution in [2.24, 2.45) is 7.05 Å². The van der Waals surface area contributed by atoms with Crippen LogP contribution in [0.3, 0.4) is 0 Å². The highest BCUT2D eigenvalue weighted by Crippen LogP contribution is 2.25. The zero-order valence-corrected chi connectivity index (χ0v) is 17.2. The summed E-state index contributed by atoms with van der Waals surface area (Å²) >= 11 is 2.75. The van der Waals surface area contributed by atoms with Gasteiger partial charge in [0, 0.05) is 43.0 Å². The topological polar surface area (TPSA) is 75.9 Å². The van der Waals surface area contributed by atoms with Crippen molar-refractivity contribution in [1.29, 1.82) is 0 Å². The number of thioether (sulfide) groups is 1. The van der Waals surface area contributed by atoms with Gasteiger partial charge in [-0.25, -0.2) is 4.98 Å². The van der Waals surface area contributed by atoms with Crippen molar-refractivity contribution < 1.29 is 4.79 Å². The monoisotopic (exact) mass is 402 g/mol. The molecular weight excluding hydrogens is 380 g/mol. The van der Waals surface area contributed by atoms with Gasteiger partial charge in [0.1, 0.15) is 0 Å². The second-order valence-corrected chi connectivity index (χ2v) is 7.60. The molecule has 2 heterocycles. The highest BCUT2D eigenvalue weighted by Gasteiger charge is 2.14. The second kappa shape index (κ2) is 9.01. The number of amides is 1. The Bertz CT molecular complexity index is 872. The van der Waals surface area contributed by atoms with Gasteiger partial charge in [0.25, 0.3) is 0 Å². The van der Waals surface area contributed by atoms with Crippen LogP contribution in [0, 0.1) is 0 Å². The van der Waals surface area contributed by atoms with Gasteiger partial charge in [-0.3, -0.25) is 4.79 Å². The minimum absolute atomic E-state index is 0.108. The maximum absolute atomic E-state index is 12.0. The molecule has 0 aliphatic carbocycles. The number of carbonyl (C=O) groups excluding carboxylic acids is 1. The number of rotatable bonds is 8. The van der Waals surface area contributed by atoms with E-state index < -0.39 is 0 Å². The number of nitrogens with zero attached hydrogens (tertiary/aromatic N) is 5. The van der Waals surface area contributed by atoms with E-state index in [0.29, 0.717) is 10.3 Å². The van der Waals surface area contributed by atoms with Crippen molar-refractivity contribution in [3.8, 4) is 11.4 Å². The van der Waals surface area contributed by atoms with Crippen molar-refractivity contribution in [3.63, 3.8) is 0 Å². The van der Waals surface area contributed by atoms with Crippen molar-refractivity contribution in [2.75, 3.05) is 29.1 Å². The highest BCUT2D eigenvalue weighted by atomic mass is 32.2. The minimum Gasteiger partial charge on any atom is -0.372 e. The molecular formula is C18H22N6OS2. The number of thiazole rings is 1. The third-order valence-electron chi connectivity index (χ3n) is 4.10. The number of nitrogens with one attached hydrogen (secondary N) is 1. The van der Waals surface area contributed by atoms with Crippen molar-refractivity contribution in [2.45, 2.75) is 19.0 Å². The fraction of sp³-hybridized carbons (Fsp3) is 0.333. The summed E-state index contributed by atoms with van der Waals surface area (Å²) in [5.74, 6) is 0.930. The molecule has 3 rings (SSSR count). The van der Waals surface area contributed by atoms with Gasteiger partial charge < -0.3 is 14.8 Å². The number of benzene rings is 1. The average Bonchev–Trinajstić information content (AvgIpc) is 3.31. The van der Waals surface area contributed by atoms with Crippen molar-refractivity contribution in [3.05, 3.63) is 35.8 Å². The predicted octanol–water partition coefficient (Wildman–Crippen LogP) is 3.52. The van der Waals surface area contributed by atoms with Crippen LogP contribution in [-0.2, 0) is 11.8 Å². The molecule has 0 aliphatic heterocycles. The molecule has 0 fully saturated rings. The molecule has 0 atom stereocenters. The lowest BCUT2D eigenvalue weighted by Crippen LogP contribution is -2.21. The molecule has 0 aliphatic rings. The standard InChI is InChI=1S/C18H22N6OS2/c1-4-24(5-2)14-8-6-13(7-9-14)16-21-22-18(23(16)3)27-12-15(25)20-17-19-10-11-26-17/h6-11H,4-5,12H2,1-3H3,(H,19,20,25). The van der Waals surface area contributed by atoms with E-state index in [9.17, 15) is 4.79 Å². The SMILES string of the molecule is CCN(CC)c1ccc(-c2nnc(SCC(=O)Nc3nccs3)n2C)cc1. The first-order valence-corrected chi connectivity index (χ1v) is 10.6. The molecule has 0 bridgehead atoms. The van der Waals surface area contributed by atoms with Crippen LogP contribution in [0.5, 0.6) is 0 Å². The number of anilines is 2. The second-order valence-electron chi connectivity index (χ2n) is 5.76. The quantitative estimate of drug-likeness (QED) is 0.581. The lowest BCUT2D eigenvalue weighted by atomic mass is 10.2. The molecule has 7 nitrogen and oxygen atoms in total. The smallest absolute Gasteiger partial charge is 0.236 e. The largest absolute Gasteiger partial charge is 0.372 e. The van der Waals surface area contributed by atoms with Crippen LogP contribution in [-0.4, -0.2) is 44.5 Å². The Balaban J connectivity index is 1.65. The van der Waals surface area contributed by atoms with E-state index >= 15 is 0 Å². The van der Waals surface area contributed by atoms with Crippen LogP contribution < -0.4 is 10.2 Å². The van der Waals surface area contributed by atoms with Gasteiger partial charge >= 0.3 is 0 Å². The van der Waals surface area contributed by atoms with Gasteiger partial charge in [0.15, 0.2) is 16.1 Å². The highest BCUT2D eigenvalue weighted by molar-refractivity contribution is 7.99. The number of hydrogen-bond donors (Lipinski definition) is 1. The Morgan fingerprint density at radius 3 is 2.59 bits per heavy atom. The normalized spacial score (nSPS) is 10.8. The minimum atomic E-state index is -0.108. The third-order valence-corrected chi connectivity index (χ3v) is 5.81. The summed E-state index contributed by atoms with van der Waals surface area (Å²) in [7, 11) is 1.91. The van der Waals surface area contributed by atoms with E-state index in [-0.39, 0.29) is 11.7 Å². The van der Waals surface area contributed by atoms with Gasteiger partial charge in [-0.05, 0) is 38.1 Å². The molecule has 9 heteroatoms. The summed E-state index contributed by atoms with van der Waals surface area (Å²) in [6, 6.07) is 8.32. The van der Waals surface area contributed by atoms with Crippen LogP contribution in [0.4, 0.5) is 10.8 Å². The Morgan fingerprint density at radius 2 is 1.96 bits per heavy atom. The number of carbonyl (C=O) groups is 1. The molecule has 3 aromatic rings. The summed E-state index contributed by atoms with van der Waals surface area (Å²) < 4.78 is 1.91. The summed E-state index contributed by atoms with van der Waals surface area (Å²) in [6.45, 7) is 6.25. The Kier molecular flexibility index (Phi) is 6.46. The van der Waals surface area contributed by atoms with Gasteiger partial charge in [-0.1, -0.05) is 11.8 Å². The van der Waals surface area contributed by atoms with Gasteiger partial charge in [0.05, 0.1) is 5.75 Å². The zero-order chi connectivity index (χ0) is 19.2. The first-order chi connectivity index (χ1) is 13.1. The van der Waals surface area contributed by atoms with E-state index in [4.69, 9.17) is 0 Å². The molecule has 27 heavy (non-hydrogen) atoms. The van der Waals surface area contributed by atoms with E-state index in [2.05, 4.69) is 63.5 Å². The molecule has 142 valence electrons. The maximum atomic E-state index is 12.0. The Labute approximate surface area is 166 Å². The summed E-state index contributed by atoms with van der Waals surface area (Å²) in [6.07, 6.45) is 1.66. The molecule has 0 saturated heterocycles. The molecule has 0 unspecified atom stereocenters. The van der Waals surface area contributed by atoms with Gasteiger partial charge in [0.2, 0.25) is 5.91 Å². The first kappa shape index (κ1) is 19.4. The van der Waals surface area contributed by atoms with Crippen LogP contribution in [0.2, 0.25) is 0 Å². The Morgan fingerprint density at radius 1 is 1.22 bits per heavy atom. The Hall–Kier alpha value is -2.39. The maximum Gasteiger partial charge on any atom is 0.236 e. The molecule has 0 spiro atoms. The van der Waals surface area contributed by atoms with E-state index in [1.807, 2.05) is 17.0 Å². The van der Waals surface area contributed by atoms with E-state index in [1.165, 1.54) is 28.8 Å². The lowest BCUT2D eigenvalue weighted by Gasteiger charge is -2.21. The summed E-state index contributed by atoms with van der Waals surface area (Å²) in [5, 5.41) is 14.4. The first-order valence-electron chi connectivity index (χ1n) is 8.69. The van der Waals surface area contributed by atoms with Gasteiger partial charge in [-0.15, -0.1) is 21.5 Å². The van der Waals surface area contributed by atoms with Crippen molar-refractivity contribution in [1.82, 2.24) is 19.7 Å². The fourth-order valence-corrected chi connectivity index (χ4v) is 3.93.